The Labute approximate surface area is 101 Å². The Hall–Kier alpha value is 0.0700. The van der Waals surface area contributed by atoms with E-state index in [0.717, 1.165) is 24.5 Å². The van der Waals surface area contributed by atoms with Crippen LogP contribution in [-0.4, -0.2) is 4.98 Å². The van der Waals surface area contributed by atoms with E-state index >= 15 is 0 Å². The maximum atomic E-state index is 4.38. The zero-order chi connectivity index (χ0) is 9.42. The number of nitrogens with zero attached hydrogens (tertiary/aromatic N) is 1. The van der Waals surface area contributed by atoms with Gasteiger partial charge >= 0.3 is 0 Å². The number of para-hydroxylation sites is 1. The molecule has 0 aliphatic carbocycles. The molecule has 4 heteroatoms. The molecule has 0 fully saturated rings. The minimum atomic E-state index is 0.818. The van der Waals surface area contributed by atoms with Gasteiger partial charge in [-0.2, -0.15) is 0 Å². The van der Waals surface area contributed by atoms with Crippen LogP contribution in [-0.2, 0) is 0 Å². The van der Waals surface area contributed by atoms with Gasteiger partial charge in [0.15, 0.2) is 0 Å². The summed E-state index contributed by atoms with van der Waals surface area (Å²) < 4.78 is 2.80. The largest absolute Gasteiger partial charge is 0.240 e. The van der Waals surface area contributed by atoms with Crippen molar-refractivity contribution >= 4 is 58.7 Å². The molecule has 66 valence electrons. The van der Waals surface area contributed by atoms with Gasteiger partial charge in [-0.05, 0) is 53.9 Å². The number of hydrogen-bond acceptors (Lipinski definition) is 1. The smallest absolute Gasteiger partial charge is 0.122 e. The Kier molecular flexibility index (Phi) is 2.72. The lowest BCUT2D eigenvalue weighted by molar-refractivity contribution is 1.31. The summed E-state index contributed by atoms with van der Waals surface area (Å²) in [6, 6.07) is 7.98. The molecule has 0 N–H and O–H groups in total. The standard InChI is InChI=1S/C9H4Br3N/c10-7-5-3-1-2-4-6(5)13-9(12)8(7)11/h1-4H. The normalized spacial score (nSPS) is 10.7. The Morgan fingerprint density at radius 2 is 1.62 bits per heavy atom. The van der Waals surface area contributed by atoms with Crippen LogP contribution < -0.4 is 0 Å². The molecule has 0 spiro atoms. The van der Waals surface area contributed by atoms with E-state index in [1.54, 1.807) is 0 Å². The molecule has 0 aliphatic rings. The fraction of sp³-hybridized carbons (Fsp3) is 0. The van der Waals surface area contributed by atoms with E-state index in [9.17, 15) is 0 Å². The second-order valence-corrected chi connectivity index (χ2v) is 4.88. The molecule has 0 radical (unpaired) electrons. The van der Waals surface area contributed by atoms with Gasteiger partial charge in [0, 0.05) is 9.86 Å². The van der Waals surface area contributed by atoms with Crippen LogP contribution in [0.4, 0.5) is 0 Å². The molecule has 1 heterocycles. The van der Waals surface area contributed by atoms with Crippen LogP contribution in [0.15, 0.2) is 37.8 Å². The average molecular weight is 366 g/mol. The molecule has 1 aromatic heterocycles. The molecule has 2 aromatic rings. The molecule has 0 aliphatic heterocycles. The summed E-state index contributed by atoms with van der Waals surface area (Å²) in [5.41, 5.74) is 0.976. The summed E-state index contributed by atoms with van der Waals surface area (Å²) in [4.78, 5) is 4.38. The van der Waals surface area contributed by atoms with Gasteiger partial charge in [0.1, 0.15) is 4.60 Å². The lowest BCUT2D eigenvalue weighted by Gasteiger charge is -2.03. The molecule has 0 bridgehead atoms. The number of rotatable bonds is 0. The highest BCUT2D eigenvalue weighted by molar-refractivity contribution is 9.14. The Bertz CT molecular complexity index is 468. The van der Waals surface area contributed by atoms with E-state index in [-0.39, 0.29) is 0 Å². The molecule has 13 heavy (non-hydrogen) atoms. The third kappa shape index (κ3) is 1.67. The monoisotopic (exact) mass is 363 g/mol. The van der Waals surface area contributed by atoms with Crippen molar-refractivity contribution in [1.82, 2.24) is 4.98 Å². The molecular weight excluding hydrogens is 362 g/mol. The summed E-state index contributed by atoms with van der Waals surface area (Å²) >= 11 is 10.3. The maximum absolute atomic E-state index is 4.38. The van der Waals surface area contributed by atoms with E-state index in [1.807, 2.05) is 24.3 Å². The third-order valence-corrected chi connectivity index (χ3v) is 4.97. The van der Waals surface area contributed by atoms with Crippen LogP contribution in [0.1, 0.15) is 0 Å². The van der Waals surface area contributed by atoms with E-state index < -0.39 is 0 Å². The second-order valence-electron chi connectivity index (χ2n) is 2.55. The molecular formula is C9H4Br3N. The van der Waals surface area contributed by atoms with Crippen molar-refractivity contribution in [2.45, 2.75) is 0 Å². The van der Waals surface area contributed by atoms with Gasteiger partial charge in [0.05, 0.1) is 9.99 Å². The number of pyridine rings is 1. The second kappa shape index (κ2) is 3.67. The highest BCUT2D eigenvalue weighted by Crippen LogP contribution is 2.34. The first-order valence-corrected chi connectivity index (χ1v) is 5.97. The lowest BCUT2D eigenvalue weighted by atomic mass is 10.2. The van der Waals surface area contributed by atoms with Crippen LogP contribution in [0.25, 0.3) is 10.9 Å². The molecule has 0 amide bonds. The van der Waals surface area contributed by atoms with Crippen molar-refractivity contribution < 1.29 is 0 Å². The van der Waals surface area contributed by atoms with E-state index in [1.165, 1.54) is 0 Å². The first-order valence-electron chi connectivity index (χ1n) is 3.59. The Balaban J connectivity index is 2.94. The van der Waals surface area contributed by atoms with Crippen molar-refractivity contribution in [1.29, 1.82) is 0 Å². The highest BCUT2D eigenvalue weighted by Gasteiger charge is 2.07. The maximum Gasteiger partial charge on any atom is 0.122 e. The molecule has 0 saturated carbocycles. The first-order chi connectivity index (χ1) is 6.20. The summed E-state index contributed by atoms with van der Waals surface area (Å²) in [7, 11) is 0. The zero-order valence-corrected chi connectivity index (χ0v) is 11.1. The first kappa shape index (κ1) is 9.62. The fourth-order valence-corrected chi connectivity index (χ4v) is 2.60. The van der Waals surface area contributed by atoms with Gasteiger partial charge in [-0.1, -0.05) is 18.2 Å². The summed E-state index contributed by atoms with van der Waals surface area (Å²) in [5.74, 6) is 0. The minimum Gasteiger partial charge on any atom is -0.240 e. The number of halogens is 3. The van der Waals surface area contributed by atoms with Crippen molar-refractivity contribution in [3.8, 4) is 0 Å². The van der Waals surface area contributed by atoms with Crippen molar-refractivity contribution in [3.05, 3.63) is 37.8 Å². The predicted octanol–water partition coefficient (Wildman–Crippen LogP) is 4.52. The minimum absolute atomic E-state index is 0.818. The van der Waals surface area contributed by atoms with Crippen LogP contribution in [0.5, 0.6) is 0 Å². The van der Waals surface area contributed by atoms with Gasteiger partial charge in [0.2, 0.25) is 0 Å². The zero-order valence-electron chi connectivity index (χ0n) is 6.39. The molecule has 2 rings (SSSR count). The number of fused-ring (bicyclic) bond motifs is 1. The molecule has 0 atom stereocenters. The van der Waals surface area contributed by atoms with Crippen molar-refractivity contribution in [2.75, 3.05) is 0 Å². The summed E-state index contributed by atoms with van der Waals surface area (Å²) in [6.07, 6.45) is 0. The van der Waals surface area contributed by atoms with Gasteiger partial charge in [-0.3, -0.25) is 0 Å². The van der Waals surface area contributed by atoms with Gasteiger partial charge in [-0.15, -0.1) is 0 Å². The van der Waals surface area contributed by atoms with Crippen LogP contribution >= 0.6 is 47.8 Å². The van der Waals surface area contributed by atoms with Crippen LogP contribution in [0, 0.1) is 0 Å². The molecule has 1 nitrogen and oxygen atoms in total. The summed E-state index contributed by atoms with van der Waals surface area (Å²) in [5, 5.41) is 1.11. The SMILES string of the molecule is Brc1nc2ccccc2c(Br)c1Br. The third-order valence-electron chi connectivity index (χ3n) is 1.73. The lowest BCUT2D eigenvalue weighted by Crippen LogP contribution is -1.83. The quantitative estimate of drug-likeness (QED) is 0.625. The number of aromatic nitrogens is 1. The summed E-state index contributed by atoms with van der Waals surface area (Å²) in [6.45, 7) is 0. The predicted molar refractivity (Wildman–Crippen MR) is 64.8 cm³/mol. The molecule has 0 saturated heterocycles. The number of hydrogen-bond donors (Lipinski definition) is 0. The van der Waals surface area contributed by atoms with Gasteiger partial charge in [0.25, 0.3) is 0 Å². The fourth-order valence-electron chi connectivity index (χ4n) is 1.12. The van der Waals surface area contributed by atoms with Gasteiger partial charge in [-0.25, -0.2) is 4.98 Å². The highest BCUT2D eigenvalue weighted by atomic mass is 79.9. The Morgan fingerprint density at radius 3 is 2.38 bits per heavy atom. The van der Waals surface area contributed by atoms with E-state index in [0.29, 0.717) is 0 Å². The van der Waals surface area contributed by atoms with Crippen LogP contribution in [0.3, 0.4) is 0 Å². The van der Waals surface area contributed by atoms with Crippen molar-refractivity contribution in [3.63, 3.8) is 0 Å². The molecule has 0 unspecified atom stereocenters. The van der Waals surface area contributed by atoms with E-state index in [2.05, 4.69) is 52.8 Å². The number of benzene rings is 1. The molecule has 1 aromatic carbocycles. The van der Waals surface area contributed by atoms with Gasteiger partial charge < -0.3 is 0 Å². The van der Waals surface area contributed by atoms with E-state index in [4.69, 9.17) is 0 Å². The average Bonchev–Trinajstić information content (AvgIpc) is 2.15. The Morgan fingerprint density at radius 1 is 0.923 bits per heavy atom. The van der Waals surface area contributed by atoms with Crippen molar-refractivity contribution in [2.24, 2.45) is 0 Å². The van der Waals surface area contributed by atoms with Crippen LogP contribution in [0.2, 0.25) is 0 Å². The topological polar surface area (TPSA) is 12.9 Å².